The van der Waals surface area contributed by atoms with Crippen LogP contribution in [0.2, 0.25) is 0 Å². The third kappa shape index (κ3) is 2.99. The number of thiocarbonyl (C=S) groups is 1. The van der Waals surface area contributed by atoms with E-state index in [-0.39, 0.29) is 5.11 Å². The molecule has 0 bridgehead atoms. The first-order valence-electron chi connectivity index (χ1n) is 4.95. The number of rotatable bonds is 3. The van der Waals surface area contributed by atoms with Gasteiger partial charge in [-0.3, -0.25) is 4.79 Å². The minimum Gasteiger partial charge on any atom is -0.467 e. The molecule has 1 aliphatic heterocycles. The molecule has 0 aliphatic carbocycles. The highest BCUT2D eigenvalue weighted by Crippen LogP contribution is 2.24. The summed E-state index contributed by atoms with van der Waals surface area (Å²) in [5.41, 5.74) is -2.03. The molecule has 0 radical (unpaired) electrons. The topological polar surface area (TPSA) is 125 Å². The maximum absolute atomic E-state index is 11.9. The fourth-order valence-electron chi connectivity index (χ4n) is 1.83. The minimum absolute atomic E-state index is 0.231. The summed E-state index contributed by atoms with van der Waals surface area (Å²) in [4.78, 5) is 23.6. The molecule has 10 heteroatoms. The maximum atomic E-state index is 11.9. The van der Waals surface area contributed by atoms with Crippen molar-refractivity contribution in [3.63, 3.8) is 0 Å². The van der Waals surface area contributed by atoms with Crippen molar-refractivity contribution in [2.24, 2.45) is 5.92 Å². The zero-order chi connectivity index (χ0) is 14.8. The molecule has 104 valence electrons. The number of hydrogen-bond donors (Lipinski definition) is 2. The van der Waals surface area contributed by atoms with Crippen LogP contribution in [-0.4, -0.2) is 50.1 Å². The molecule has 1 fully saturated rings. The number of amides is 1. The Bertz CT molecular complexity index is 579. The second-order valence-electron chi connectivity index (χ2n) is 4.04. The van der Waals surface area contributed by atoms with Crippen LogP contribution in [0.5, 0.6) is 0 Å². The Balaban J connectivity index is 3.42. The van der Waals surface area contributed by atoms with E-state index in [9.17, 15) is 18.0 Å². The van der Waals surface area contributed by atoms with Crippen LogP contribution in [0, 0.1) is 17.2 Å². The molecule has 0 aromatic rings. The van der Waals surface area contributed by atoms with Crippen LogP contribution in [0.4, 0.5) is 0 Å². The van der Waals surface area contributed by atoms with Gasteiger partial charge in [0, 0.05) is 6.26 Å². The highest BCUT2D eigenvalue weighted by Gasteiger charge is 2.56. The van der Waals surface area contributed by atoms with E-state index >= 15 is 0 Å². The zero-order valence-electron chi connectivity index (χ0n) is 10.1. The molecule has 1 heterocycles. The van der Waals surface area contributed by atoms with Crippen molar-refractivity contribution in [1.82, 2.24) is 10.6 Å². The van der Waals surface area contributed by atoms with Gasteiger partial charge in [0.15, 0.2) is 16.6 Å². The van der Waals surface area contributed by atoms with Gasteiger partial charge in [-0.25, -0.2) is 13.2 Å². The van der Waals surface area contributed by atoms with E-state index in [4.69, 9.17) is 17.5 Å². The Kier molecular flexibility index (Phi) is 4.12. The van der Waals surface area contributed by atoms with Crippen molar-refractivity contribution in [2.75, 3.05) is 19.1 Å². The molecule has 0 spiro atoms. The average molecular weight is 305 g/mol. The summed E-state index contributed by atoms with van der Waals surface area (Å²) in [7, 11) is -2.66. The molecule has 2 atom stereocenters. The monoisotopic (exact) mass is 305 g/mol. The van der Waals surface area contributed by atoms with Crippen molar-refractivity contribution < 1.29 is 22.7 Å². The lowest BCUT2D eigenvalue weighted by Crippen LogP contribution is -2.72. The molecular weight excluding hydrogens is 294 g/mol. The molecule has 19 heavy (non-hydrogen) atoms. The molecule has 2 N–H and O–H groups in total. The van der Waals surface area contributed by atoms with Gasteiger partial charge in [-0.2, -0.15) is 5.26 Å². The van der Waals surface area contributed by atoms with E-state index in [1.807, 2.05) is 0 Å². The quantitative estimate of drug-likeness (QED) is 0.457. The first-order valence-corrected chi connectivity index (χ1v) is 7.42. The third-order valence-corrected chi connectivity index (χ3v) is 3.68. The van der Waals surface area contributed by atoms with E-state index < -0.39 is 38.9 Å². The van der Waals surface area contributed by atoms with Crippen molar-refractivity contribution >= 4 is 39.0 Å². The standard InChI is InChI=1S/C9H11N3O5S2/c1-17-7(14)9(4-19(2,15)16)5(3-10)6(13)11-8(18)12-9/h5H,4H2,1-2H3,(H2,11,12,13,18)/t5-,9-/m1/s1. The first-order chi connectivity index (χ1) is 8.66. The zero-order valence-corrected chi connectivity index (χ0v) is 11.7. The van der Waals surface area contributed by atoms with Crippen LogP contribution in [0.15, 0.2) is 0 Å². The lowest BCUT2D eigenvalue weighted by atomic mass is 9.84. The number of esters is 1. The van der Waals surface area contributed by atoms with Gasteiger partial charge in [-0.05, 0) is 12.2 Å². The van der Waals surface area contributed by atoms with Crippen molar-refractivity contribution in [3.05, 3.63) is 0 Å². The number of nitrogens with one attached hydrogen (secondary N) is 2. The maximum Gasteiger partial charge on any atom is 0.334 e. The average Bonchev–Trinajstić information content (AvgIpc) is 2.24. The number of nitriles is 1. The predicted octanol–water partition coefficient (Wildman–Crippen LogP) is -1.91. The largest absolute Gasteiger partial charge is 0.467 e. The summed E-state index contributed by atoms with van der Waals surface area (Å²) >= 11 is 4.73. The number of sulfone groups is 1. The molecule has 0 unspecified atom stereocenters. The van der Waals surface area contributed by atoms with Gasteiger partial charge in [-0.15, -0.1) is 0 Å². The van der Waals surface area contributed by atoms with E-state index in [1.165, 1.54) is 0 Å². The number of nitrogens with zero attached hydrogens (tertiary/aromatic N) is 1. The summed E-state index contributed by atoms with van der Waals surface area (Å²) in [6, 6.07) is 1.60. The van der Waals surface area contributed by atoms with Gasteiger partial charge in [0.1, 0.15) is 9.84 Å². The number of carbonyl (C=O) groups excluding carboxylic acids is 2. The molecular formula is C9H11N3O5S2. The molecule has 0 aromatic heterocycles. The summed E-state index contributed by atoms with van der Waals surface area (Å²) in [6.07, 6.45) is 0.878. The Morgan fingerprint density at radius 2 is 2.21 bits per heavy atom. The van der Waals surface area contributed by atoms with Crippen molar-refractivity contribution in [1.29, 1.82) is 5.26 Å². The van der Waals surface area contributed by atoms with Crippen LogP contribution in [0.3, 0.4) is 0 Å². The smallest absolute Gasteiger partial charge is 0.334 e. The Morgan fingerprint density at radius 1 is 1.63 bits per heavy atom. The Morgan fingerprint density at radius 3 is 2.63 bits per heavy atom. The SMILES string of the molecule is COC(=O)[C@]1(CS(C)(=O)=O)NC(=S)NC(=O)[C@H]1C#N. The summed E-state index contributed by atoms with van der Waals surface area (Å²) in [5.74, 6) is -4.23. The van der Waals surface area contributed by atoms with Gasteiger partial charge >= 0.3 is 5.97 Å². The summed E-state index contributed by atoms with van der Waals surface area (Å²) < 4.78 is 27.4. The van der Waals surface area contributed by atoms with Gasteiger partial charge in [0.2, 0.25) is 5.91 Å². The molecule has 0 saturated carbocycles. The van der Waals surface area contributed by atoms with Gasteiger partial charge in [0.05, 0.1) is 18.9 Å². The fraction of sp³-hybridized carbons (Fsp3) is 0.556. The molecule has 8 nitrogen and oxygen atoms in total. The molecule has 1 saturated heterocycles. The van der Waals surface area contributed by atoms with Crippen LogP contribution < -0.4 is 10.6 Å². The van der Waals surface area contributed by atoms with E-state index in [2.05, 4.69) is 15.4 Å². The lowest BCUT2D eigenvalue weighted by molar-refractivity contribution is -0.151. The molecule has 0 aromatic carbocycles. The Hall–Kier alpha value is -1.73. The van der Waals surface area contributed by atoms with Crippen LogP contribution in [0.1, 0.15) is 0 Å². The predicted molar refractivity (Wildman–Crippen MR) is 67.4 cm³/mol. The Labute approximate surface area is 115 Å². The van der Waals surface area contributed by atoms with Crippen molar-refractivity contribution in [2.45, 2.75) is 5.54 Å². The summed E-state index contributed by atoms with van der Waals surface area (Å²) in [6.45, 7) is 0. The lowest BCUT2D eigenvalue weighted by Gasteiger charge is -2.38. The normalized spacial score (nSPS) is 26.9. The van der Waals surface area contributed by atoms with E-state index in [0.29, 0.717) is 0 Å². The highest BCUT2D eigenvalue weighted by atomic mass is 32.2. The van der Waals surface area contributed by atoms with E-state index in [1.54, 1.807) is 6.07 Å². The van der Waals surface area contributed by atoms with Gasteiger partial charge in [0.25, 0.3) is 0 Å². The molecule has 1 aliphatic rings. The first kappa shape index (κ1) is 15.3. The second kappa shape index (κ2) is 5.10. The minimum atomic E-state index is -3.68. The van der Waals surface area contributed by atoms with Gasteiger partial charge in [-0.1, -0.05) is 0 Å². The van der Waals surface area contributed by atoms with Crippen LogP contribution in [0.25, 0.3) is 0 Å². The third-order valence-electron chi connectivity index (χ3n) is 2.50. The number of methoxy groups -OCH3 is 1. The van der Waals surface area contributed by atoms with Crippen LogP contribution >= 0.6 is 12.2 Å². The second-order valence-corrected chi connectivity index (χ2v) is 6.59. The molecule has 1 rings (SSSR count). The van der Waals surface area contributed by atoms with Gasteiger partial charge < -0.3 is 15.4 Å². The molecule has 1 amide bonds. The fourth-order valence-corrected chi connectivity index (χ4v) is 3.29. The number of hydrogen-bond acceptors (Lipinski definition) is 7. The highest BCUT2D eigenvalue weighted by molar-refractivity contribution is 7.90. The summed E-state index contributed by atoms with van der Waals surface area (Å²) in [5, 5.41) is 13.3. The number of ether oxygens (including phenoxy) is 1. The van der Waals surface area contributed by atoms with E-state index in [0.717, 1.165) is 13.4 Å². The van der Waals surface area contributed by atoms with Crippen LogP contribution in [-0.2, 0) is 24.2 Å². The van der Waals surface area contributed by atoms with Crippen molar-refractivity contribution in [3.8, 4) is 6.07 Å². The number of carbonyl (C=O) groups is 2.